The van der Waals surface area contributed by atoms with Crippen LogP contribution in [0.3, 0.4) is 0 Å². The standard InChI is InChI=1S/C69H73N.C63H69N/c1-66(2,3)56-39-53(38-54(40-56)55-41-57(67(4,5)6)44-58(42-55)68(7,8)9)51-22-17-21-50(37-51)52-23-18-24-60(43-52)70(61-35-36-63-62-25-15-16-26-64(62)69(10,11)65(63)45-61)59-33-31-49(32-34-59)48-29-27-47(28-30-48)46-19-13-12-14-20-46;1-60(2,3)49-35-46(34-47(36-49)48-37-50(61(4,5)6)40-51(38-48)62(7,8)9)44-24-19-23-43(33-44)45-25-20-26-52(39-45)64(59-30-18-16-27-54(59)42-21-13-12-14-22-42)53-31-32-56-55-28-15-17-29-57(55)63(10,11)58(56)41-53/h15-18,21-46H,12-14,19-20H2,1-11H3;15-20,23-42H,12-14,21-22H2,1-11H3. The molecule has 0 heterocycles. The maximum atomic E-state index is 2.56. The van der Waals surface area contributed by atoms with Crippen LogP contribution in [-0.4, -0.2) is 0 Å². The molecular weight excluding hydrogens is 1610 g/mol. The van der Waals surface area contributed by atoms with Gasteiger partial charge in [0.1, 0.15) is 0 Å². The molecule has 0 radical (unpaired) electrons. The second kappa shape index (κ2) is 35.9. The fourth-order valence-electron chi connectivity index (χ4n) is 21.7. The van der Waals surface area contributed by atoms with Gasteiger partial charge in [-0.3, -0.25) is 0 Å². The van der Waals surface area contributed by atoms with Gasteiger partial charge in [0, 0.05) is 45.0 Å². The SMILES string of the molecule is CC(C)(C)c1cc(-c2cccc(-c3cccc(N(c4ccc(-c5ccc(C6CCCCC6)cc5)cc4)c4ccc5c(c4)C(C)(C)c4ccccc4-5)c3)c2)cc(-c2cc(C(C)(C)C)cc(C(C)(C)C)c2)c1.CC(C)(C)c1cc(-c2cccc(-c3cccc(N(c4ccc5c(c4)C(C)(C)c4ccccc4-5)c4ccccc4C4CCCCC4)c3)c2)cc(-c2cc(C(C)(C)C)cc(C(C)(C)C)c2)c1. The summed E-state index contributed by atoms with van der Waals surface area (Å²) in [5.41, 5.74) is 46.5. The number of nitrogens with zero attached hydrogens (tertiary/aromatic N) is 2. The number of benzene rings is 15. The molecule has 0 unspecified atom stereocenters. The van der Waals surface area contributed by atoms with Crippen molar-refractivity contribution in [2.75, 3.05) is 9.80 Å². The summed E-state index contributed by atoms with van der Waals surface area (Å²) >= 11 is 0. The molecule has 0 bridgehead atoms. The van der Waals surface area contributed by atoms with E-state index in [1.54, 1.807) is 0 Å². The highest BCUT2D eigenvalue weighted by molar-refractivity contribution is 5.91. The molecule has 2 fully saturated rings. The van der Waals surface area contributed by atoms with E-state index in [0.717, 1.165) is 17.1 Å². The lowest BCUT2D eigenvalue weighted by atomic mass is 9.78. The molecule has 19 rings (SSSR count). The second-order valence-electron chi connectivity index (χ2n) is 46.8. The lowest BCUT2D eigenvalue weighted by Crippen LogP contribution is -2.18. The molecule has 0 aliphatic heterocycles. The van der Waals surface area contributed by atoms with Crippen molar-refractivity contribution in [1.82, 2.24) is 0 Å². The van der Waals surface area contributed by atoms with Crippen LogP contribution in [0.4, 0.5) is 34.1 Å². The lowest BCUT2D eigenvalue weighted by Gasteiger charge is -2.32. The Bertz CT molecular complexity index is 6790. The van der Waals surface area contributed by atoms with Crippen LogP contribution >= 0.6 is 0 Å². The molecule has 0 atom stereocenters. The van der Waals surface area contributed by atoms with E-state index in [0.29, 0.717) is 11.8 Å². The summed E-state index contributed by atoms with van der Waals surface area (Å²) in [5.74, 6) is 1.27. The monoisotopic (exact) mass is 1760 g/mol. The fraction of sp³-hybridized carbons (Fsp3) is 0.318. The van der Waals surface area contributed by atoms with Crippen molar-refractivity contribution in [2.45, 2.75) is 272 Å². The van der Waals surface area contributed by atoms with Crippen LogP contribution in [0.5, 0.6) is 0 Å². The molecule has 134 heavy (non-hydrogen) atoms. The Labute approximate surface area is 804 Å². The van der Waals surface area contributed by atoms with E-state index >= 15 is 0 Å². The average molecular weight is 1760 g/mol. The minimum absolute atomic E-state index is 0.0157. The van der Waals surface area contributed by atoms with Crippen molar-refractivity contribution in [2.24, 2.45) is 0 Å². The first-order valence-corrected chi connectivity index (χ1v) is 50.1. The third-order valence-electron chi connectivity index (χ3n) is 30.2. The second-order valence-corrected chi connectivity index (χ2v) is 46.8. The summed E-state index contributed by atoms with van der Waals surface area (Å²) in [4.78, 5) is 5.02. The van der Waals surface area contributed by atoms with Gasteiger partial charge in [-0.15, -0.1) is 0 Å². The van der Waals surface area contributed by atoms with Gasteiger partial charge in [-0.05, 0) is 328 Å². The predicted octanol–water partition coefficient (Wildman–Crippen LogP) is 38.5. The van der Waals surface area contributed by atoms with Crippen LogP contribution in [0, 0.1) is 0 Å². The molecule has 4 aliphatic rings. The van der Waals surface area contributed by atoms with Gasteiger partial charge in [0.25, 0.3) is 0 Å². The summed E-state index contributed by atoms with van der Waals surface area (Å²) < 4.78 is 0. The van der Waals surface area contributed by atoms with Crippen LogP contribution in [0.2, 0.25) is 0 Å². The average Bonchev–Trinajstić information content (AvgIpc) is 1.58. The first-order valence-electron chi connectivity index (χ1n) is 50.1. The molecule has 2 nitrogen and oxygen atoms in total. The van der Waals surface area contributed by atoms with E-state index in [-0.39, 0.29) is 43.3 Å². The van der Waals surface area contributed by atoms with Crippen molar-refractivity contribution < 1.29 is 0 Å². The van der Waals surface area contributed by atoms with Gasteiger partial charge >= 0.3 is 0 Å². The highest BCUT2D eigenvalue weighted by Crippen LogP contribution is 2.55. The summed E-state index contributed by atoms with van der Waals surface area (Å²) in [6, 6.07) is 126. The van der Waals surface area contributed by atoms with Gasteiger partial charge in [0.2, 0.25) is 0 Å². The molecule has 2 saturated carbocycles. The van der Waals surface area contributed by atoms with Gasteiger partial charge in [0.15, 0.2) is 0 Å². The number of hydrogen-bond acceptors (Lipinski definition) is 2. The molecule has 0 N–H and O–H groups in total. The summed E-state index contributed by atoms with van der Waals surface area (Å²) in [6.45, 7) is 51.5. The minimum Gasteiger partial charge on any atom is -0.310 e. The number of hydrogen-bond donors (Lipinski definition) is 0. The van der Waals surface area contributed by atoms with Gasteiger partial charge in [0.05, 0.1) is 0 Å². The normalized spacial score (nSPS) is 15.0. The van der Waals surface area contributed by atoms with Crippen molar-refractivity contribution in [3.63, 3.8) is 0 Å². The molecule has 4 aliphatic carbocycles. The summed E-state index contributed by atoms with van der Waals surface area (Å²) in [6.07, 6.45) is 13.2. The Kier molecular flexibility index (Phi) is 24.8. The van der Waals surface area contributed by atoms with E-state index in [9.17, 15) is 0 Å². The van der Waals surface area contributed by atoms with Crippen LogP contribution in [0.1, 0.15) is 295 Å². The first-order chi connectivity index (χ1) is 63.7. The molecule has 0 saturated heterocycles. The van der Waals surface area contributed by atoms with E-state index < -0.39 is 0 Å². The molecule has 2 heteroatoms. The first kappa shape index (κ1) is 92.4. The zero-order valence-corrected chi connectivity index (χ0v) is 84.3. The zero-order chi connectivity index (χ0) is 94.3. The number of para-hydroxylation sites is 1. The fourth-order valence-corrected chi connectivity index (χ4v) is 21.7. The Morgan fingerprint density at radius 2 is 0.485 bits per heavy atom. The van der Waals surface area contributed by atoms with Crippen molar-refractivity contribution in [3.05, 3.63) is 394 Å². The van der Waals surface area contributed by atoms with Gasteiger partial charge in [-0.25, -0.2) is 0 Å². The number of rotatable bonds is 15. The Balaban J connectivity index is 0.000000180. The molecule has 0 amide bonds. The molecule has 680 valence electrons. The number of fused-ring (bicyclic) bond motifs is 6. The maximum Gasteiger partial charge on any atom is 0.0496 e. The highest BCUT2D eigenvalue weighted by Gasteiger charge is 2.39. The topological polar surface area (TPSA) is 6.48 Å². The predicted molar refractivity (Wildman–Crippen MR) is 579 cm³/mol. The summed E-state index contributed by atoms with van der Waals surface area (Å²) in [5, 5.41) is 0. The van der Waals surface area contributed by atoms with E-state index in [1.165, 1.54) is 248 Å². The smallest absolute Gasteiger partial charge is 0.0496 e. The van der Waals surface area contributed by atoms with Gasteiger partial charge < -0.3 is 9.80 Å². The van der Waals surface area contributed by atoms with E-state index in [4.69, 9.17) is 0 Å². The lowest BCUT2D eigenvalue weighted by molar-refractivity contribution is 0.443. The van der Waals surface area contributed by atoms with Crippen LogP contribution in [-0.2, 0) is 43.3 Å². The van der Waals surface area contributed by atoms with Gasteiger partial charge in [-0.2, -0.15) is 0 Å². The van der Waals surface area contributed by atoms with Crippen LogP contribution in [0.25, 0.3) is 100 Å². The van der Waals surface area contributed by atoms with Crippen molar-refractivity contribution in [3.8, 4) is 100 Å². The van der Waals surface area contributed by atoms with E-state index in [2.05, 4.69) is 490 Å². The Hall–Kier alpha value is -12.1. The minimum atomic E-state index is -0.113. The van der Waals surface area contributed by atoms with Crippen molar-refractivity contribution in [1.29, 1.82) is 0 Å². The molecule has 15 aromatic carbocycles. The quantitative estimate of drug-likeness (QED) is 0.101. The molecule has 0 spiro atoms. The Morgan fingerprint density at radius 3 is 0.888 bits per heavy atom. The number of anilines is 6. The van der Waals surface area contributed by atoms with Crippen LogP contribution < -0.4 is 9.80 Å². The summed E-state index contributed by atoms with van der Waals surface area (Å²) in [7, 11) is 0. The molecule has 15 aromatic rings. The molecular formula is C132H142N2. The Morgan fingerprint density at radius 1 is 0.201 bits per heavy atom. The third kappa shape index (κ3) is 19.0. The van der Waals surface area contributed by atoms with Gasteiger partial charge in [-0.1, -0.05) is 427 Å². The molecule has 0 aromatic heterocycles. The zero-order valence-electron chi connectivity index (χ0n) is 84.3. The third-order valence-corrected chi connectivity index (χ3v) is 30.2. The van der Waals surface area contributed by atoms with E-state index in [1.807, 2.05) is 0 Å². The largest absolute Gasteiger partial charge is 0.310 e. The van der Waals surface area contributed by atoms with Crippen LogP contribution in [0.15, 0.2) is 328 Å². The van der Waals surface area contributed by atoms with Crippen molar-refractivity contribution >= 4 is 34.1 Å². The highest BCUT2D eigenvalue weighted by atomic mass is 15.2. The maximum absolute atomic E-state index is 2.56.